The predicted molar refractivity (Wildman–Crippen MR) is 125 cm³/mol. The largest absolute Gasteiger partial charge is 0.341 e. The molecule has 4 aromatic rings. The van der Waals surface area contributed by atoms with E-state index in [2.05, 4.69) is 20.4 Å². The fraction of sp³-hybridized carbons (Fsp3) is 0.167. The van der Waals surface area contributed by atoms with Gasteiger partial charge >= 0.3 is 0 Å². The fourth-order valence-corrected chi connectivity index (χ4v) is 3.91. The SMILES string of the molecule is Cn1cc(-c2nc(C(=O)NC3(c4ccc(Cl)cc4)CC3)cc(-c3ccc(Cl)cc3)n2)cn1. The monoisotopic (exact) mass is 463 g/mol. The average Bonchev–Trinajstić information content (AvgIpc) is 3.44. The van der Waals surface area contributed by atoms with Gasteiger partial charge in [0.1, 0.15) is 5.69 Å². The van der Waals surface area contributed by atoms with Crippen LogP contribution in [0, 0.1) is 0 Å². The van der Waals surface area contributed by atoms with Crippen LogP contribution >= 0.6 is 23.2 Å². The molecule has 6 nitrogen and oxygen atoms in total. The zero-order chi connectivity index (χ0) is 22.3. The number of nitrogens with one attached hydrogen (secondary N) is 1. The average molecular weight is 464 g/mol. The van der Waals surface area contributed by atoms with Gasteiger partial charge in [-0.15, -0.1) is 0 Å². The van der Waals surface area contributed by atoms with Gasteiger partial charge in [0.05, 0.1) is 23.0 Å². The number of halogens is 2. The van der Waals surface area contributed by atoms with E-state index in [9.17, 15) is 4.79 Å². The number of nitrogens with zero attached hydrogens (tertiary/aromatic N) is 4. The van der Waals surface area contributed by atoms with E-state index in [-0.39, 0.29) is 11.4 Å². The van der Waals surface area contributed by atoms with E-state index >= 15 is 0 Å². The Morgan fingerprint density at radius 3 is 2.22 bits per heavy atom. The molecule has 0 atom stereocenters. The minimum atomic E-state index is -0.387. The highest BCUT2D eigenvalue weighted by atomic mass is 35.5. The zero-order valence-electron chi connectivity index (χ0n) is 17.2. The molecule has 1 fully saturated rings. The first kappa shape index (κ1) is 20.7. The second kappa shape index (κ2) is 8.04. The Kier molecular flexibility index (Phi) is 5.19. The van der Waals surface area contributed by atoms with Gasteiger partial charge in [0.15, 0.2) is 5.82 Å². The Hall–Kier alpha value is -3.22. The number of hydrogen-bond donors (Lipinski definition) is 1. The van der Waals surface area contributed by atoms with Crippen molar-refractivity contribution >= 4 is 29.1 Å². The molecule has 0 radical (unpaired) electrons. The Balaban J connectivity index is 1.52. The molecule has 0 aliphatic heterocycles. The Morgan fingerprint density at radius 1 is 0.969 bits per heavy atom. The van der Waals surface area contributed by atoms with Gasteiger partial charge in [-0.05, 0) is 48.7 Å². The molecule has 1 aliphatic rings. The normalized spacial score (nSPS) is 14.2. The lowest BCUT2D eigenvalue weighted by Crippen LogP contribution is -2.35. The topological polar surface area (TPSA) is 72.7 Å². The van der Waals surface area contributed by atoms with Crippen LogP contribution in [0.4, 0.5) is 0 Å². The first-order valence-electron chi connectivity index (χ1n) is 10.1. The highest BCUT2D eigenvalue weighted by Gasteiger charge is 2.46. The minimum absolute atomic E-state index is 0.250. The van der Waals surface area contributed by atoms with Crippen LogP contribution in [0.15, 0.2) is 67.0 Å². The quantitative estimate of drug-likeness (QED) is 0.437. The Labute approximate surface area is 195 Å². The van der Waals surface area contributed by atoms with Crippen LogP contribution in [0.2, 0.25) is 10.0 Å². The van der Waals surface area contributed by atoms with Gasteiger partial charge in [0.25, 0.3) is 5.91 Å². The number of aryl methyl sites for hydroxylation is 1. The standard InChI is InChI=1S/C24H19Cl2N5O/c1-31-14-16(13-27-31)22-28-20(15-2-6-18(25)7-3-15)12-21(29-22)23(32)30-24(10-11-24)17-4-8-19(26)9-5-17/h2-9,12-14H,10-11H2,1H3,(H,30,32). The second-order valence-electron chi connectivity index (χ2n) is 7.91. The highest BCUT2D eigenvalue weighted by molar-refractivity contribution is 6.30. The molecule has 5 rings (SSSR count). The summed E-state index contributed by atoms with van der Waals surface area (Å²) in [5.74, 6) is 0.187. The maximum Gasteiger partial charge on any atom is 0.270 e. The first-order valence-corrected chi connectivity index (χ1v) is 10.9. The molecule has 1 N–H and O–H groups in total. The summed E-state index contributed by atoms with van der Waals surface area (Å²) in [6.45, 7) is 0. The lowest BCUT2D eigenvalue weighted by molar-refractivity contribution is 0.0925. The maximum absolute atomic E-state index is 13.3. The van der Waals surface area contributed by atoms with Crippen molar-refractivity contribution in [1.29, 1.82) is 0 Å². The number of hydrogen-bond acceptors (Lipinski definition) is 4. The van der Waals surface area contributed by atoms with Crippen molar-refractivity contribution in [3.63, 3.8) is 0 Å². The van der Waals surface area contributed by atoms with E-state index in [4.69, 9.17) is 23.2 Å². The molecular weight excluding hydrogens is 445 g/mol. The van der Waals surface area contributed by atoms with E-state index in [1.165, 1.54) is 0 Å². The van der Waals surface area contributed by atoms with E-state index in [1.54, 1.807) is 29.1 Å². The van der Waals surface area contributed by atoms with Crippen LogP contribution < -0.4 is 5.32 Å². The molecule has 1 amide bonds. The van der Waals surface area contributed by atoms with Crippen molar-refractivity contribution in [2.45, 2.75) is 18.4 Å². The predicted octanol–water partition coefficient (Wildman–Crippen LogP) is 5.27. The lowest BCUT2D eigenvalue weighted by Gasteiger charge is -2.18. The van der Waals surface area contributed by atoms with Crippen molar-refractivity contribution in [2.75, 3.05) is 0 Å². The second-order valence-corrected chi connectivity index (χ2v) is 8.79. The van der Waals surface area contributed by atoms with Gasteiger partial charge in [0, 0.05) is 28.9 Å². The van der Waals surface area contributed by atoms with Gasteiger partial charge in [-0.2, -0.15) is 5.10 Å². The van der Waals surface area contributed by atoms with E-state index in [1.807, 2.05) is 49.6 Å². The summed E-state index contributed by atoms with van der Waals surface area (Å²) in [4.78, 5) is 22.5. The third-order valence-corrected chi connectivity index (χ3v) is 6.07. The molecule has 2 aromatic heterocycles. The van der Waals surface area contributed by atoms with Crippen LogP contribution in [0.1, 0.15) is 28.9 Å². The van der Waals surface area contributed by atoms with Crippen LogP contribution in [0.25, 0.3) is 22.6 Å². The van der Waals surface area contributed by atoms with Gasteiger partial charge in [0.2, 0.25) is 0 Å². The summed E-state index contributed by atoms with van der Waals surface area (Å²) in [5, 5.41) is 8.68. The minimum Gasteiger partial charge on any atom is -0.341 e. The summed E-state index contributed by atoms with van der Waals surface area (Å²) in [7, 11) is 1.82. The van der Waals surface area contributed by atoms with Crippen LogP contribution in [-0.4, -0.2) is 25.7 Å². The molecule has 8 heteroatoms. The van der Waals surface area contributed by atoms with Gasteiger partial charge < -0.3 is 5.32 Å². The Morgan fingerprint density at radius 2 is 1.62 bits per heavy atom. The summed E-state index contributed by atoms with van der Waals surface area (Å²) in [5.41, 5.74) is 3.16. The smallest absolute Gasteiger partial charge is 0.270 e. The third kappa shape index (κ3) is 4.11. The molecule has 32 heavy (non-hydrogen) atoms. The van der Waals surface area contributed by atoms with Gasteiger partial charge in [-0.3, -0.25) is 9.48 Å². The molecule has 160 valence electrons. The van der Waals surface area contributed by atoms with Crippen molar-refractivity contribution in [1.82, 2.24) is 25.1 Å². The fourth-order valence-electron chi connectivity index (χ4n) is 3.66. The van der Waals surface area contributed by atoms with Crippen molar-refractivity contribution in [2.24, 2.45) is 7.05 Å². The summed E-state index contributed by atoms with van der Waals surface area (Å²) < 4.78 is 1.67. The molecular formula is C24H19Cl2N5O. The molecule has 1 aliphatic carbocycles. The lowest BCUT2D eigenvalue weighted by atomic mass is 10.0. The Bertz CT molecular complexity index is 1290. The summed E-state index contributed by atoms with van der Waals surface area (Å²) >= 11 is 12.1. The van der Waals surface area contributed by atoms with E-state index in [0.29, 0.717) is 27.3 Å². The van der Waals surface area contributed by atoms with E-state index in [0.717, 1.165) is 29.5 Å². The third-order valence-electron chi connectivity index (χ3n) is 5.56. The number of amides is 1. The molecule has 0 unspecified atom stereocenters. The van der Waals surface area contributed by atoms with Crippen molar-refractivity contribution < 1.29 is 4.79 Å². The number of carbonyl (C=O) groups is 1. The van der Waals surface area contributed by atoms with Crippen LogP contribution in [0.3, 0.4) is 0 Å². The molecule has 2 aromatic carbocycles. The zero-order valence-corrected chi connectivity index (χ0v) is 18.7. The van der Waals surface area contributed by atoms with E-state index < -0.39 is 0 Å². The number of aromatic nitrogens is 4. The first-order chi connectivity index (χ1) is 15.4. The van der Waals surface area contributed by atoms with Gasteiger partial charge in [-0.25, -0.2) is 9.97 Å². The van der Waals surface area contributed by atoms with Crippen molar-refractivity contribution in [3.8, 4) is 22.6 Å². The molecule has 0 spiro atoms. The van der Waals surface area contributed by atoms with Gasteiger partial charge in [-0.1, -0.05) is 47.5 Å². The number of benzene rings is 2. The molecule has 1 saturated carbocycles. The summed E-state index contributed by atoms with van der Waals surface area (Å²) in [6, 6.07) is 16.6. The maximum atomic E-state index is 13.3. The molecule has 0 bridgehead atoms. The molecule has 0 saturated heterocycles. The van der Waals surface area contributed by atoms with Crippen molar-refractivity contribution in [3.05, 3.63) is 88.3 Å². The number of rotatable bonds is 5. The summed E-state index contributed by atoms with van der Waals surface area (Å²) in [6.07, 6.45) is 5.23. The molecule has 2 heterocycles. The van der Waals surface area contributed by atoms with Crippen LogP contribution in [0.5, 0.6) is 0 Å². The highest BCUT2D eigenvalue weighted by Crippen LogP contribution is 2.46. The number of carbonyl (C=O) groups excluding carboxylic acids is 1. The van der Waals surface area contributed by atoms with Crippen LogP contribution in [-0.2, 0) is 12.6 Å².